The van der Waals surface area contributed by atoms with Gasteiger partial charge in [0.15, 0.2) is 9.84 Å². The molecule has 0 heterocycles. The Kier molecular flexibility index (Phi) is 5.38. The van der Waals surface area contributed by atoms with E-state index in [0.29, 0.717) is 0 Å². The summed E-state index contributed by atoms with van der Waals surface area (Å²) in [6.07, 6.45) is 6.14. The Morgan fingerprint density at radius 1 is 1.26 bits per heavy atom. The highest BCUT2D eigenvalue weighted by molar-refractivity contribution is 7.92. The Hall–Kier alpha value is -0.620. The number of sulfone groups is 1. The predicted octanol–water partition coefficient (Wildman–Crippen LogP) is 0.963. The van der Waals surface area contributed by atoms with Crippen LogP contribution in [0.4, 0.5) is 0 Å². The molecule has 0 radical (unpaired) electrons. The minimum atomic E-state index is -3.48. The van der Waals surface area contributed by atoms with Crippen LogP contribution in [0.5, 0.6) is 0 Å². The van der Waals surface area contributed by atoms with Gasteiger partial charge in [-0.3, -0.25) is 4.79 Å². The van der Waals surface area contributed by atoms with Gasteiger partial charge in [0.1, 0.15) is 4.75 Å². The third-order valence-electron chi connectivity index (χ3n) is 4.06. The molecule has 0 bridgehead atoms. The molecule has 0 atom stereocenters. The van der Waals surface area contributed by atoms with Crippen molar-refractivity contribution in [3.05, 3.63) is 0 Å². The molecular weight excluding hydrogens is 266 g/mol. The van der Waals surface area contributed by atoms with E-state index < -0.39 is 20.5 Å². The van der Waals surface area contributed by atoms with Crippen LogP contribution in [0.15, 0.2) is 0 Å². The molecule has 1 fully saturated rings. The van der Waals surface area contributed by atoms with Crippen molar-refractivity contribution in [2.24, 2.45) is 0 Å². The summed E-state index contributed by atoms with van der Waals surface area (Å²) in [5, 5.41) is 9.14. The second-order valence-corrected chi connectivity index (χ2v) is 8.36. The van der Waals surface area contributed by atoms with Gasteiger partial charge in [-0.05, 0) is 26.7 Å². The Labute approximate surface area is 115 Å². The molecule has 1 saturated carbocycles. The summed E-state index contributed by atoms with van der Waals surface area (Å²) in [5.74, 6) is -0.393. The molecule has 0 unspecified atom stereocenters. The van der Waals surface area contributed by atoms with Crippen molar-refractivity contribution < 1.29 is 18.3 Å². The van der Waals surface area contributed by atoms with Gasteiger partial charge in [0.25, 0.3) is 0 Å². The highest BCUT2D eigenvalue weighted by atomic mass is 32.2. The molecule has 1 aliphatic rings. The lowest BCUT2D eigenvalue weighted by Crippen LogP contribution is -2.54. The molecule has 0 aromatic carbocycles. The molecule has 6 heteroatoms. The molecule has 19 heavy (non-hydrogen) atoms. The largest absolute Gasteiger partial charge is 0.395 e. The van der Waals surface area contributed by atoms with Gasteiger partial charge in [-0.2, -0.15) is 0 Å². The summed E-state index contributed by atoms with van der Waals surface area (Å²) in [6, 6.07) is 0.0643. The van der Waals surface area contributed by atoms with Crippen molar-refractivity contribution in [1.29, 1.82) is 0 Å². The van der Waals surface area contributed by atoms with Gasteiger partial charge < -0.3 is 10.0 Å². The standard InChI is InChI=1S/C13H25NO4S/c1-13(2,19(3,17)18)12(16)14(9-10-15)11-7-5-4-6-8-11/h11,15H,4-10H2,1-3H3. The van der Waals surface area contributed by atoms with E-state index in [9.17, 15) is 13.2 Å². The Balaban J connectivity index is 2.95. The summed E-state index contributed by atoms with van der Waals surface area (Å²) in [5.41, 5.74) is 0. The number of carbonyl (C=O) groups is 1. The lowest BCUT2D eigenvalue weighted by molar-refractivity contribution is -0.136. The normalized spacial score (nSPS) is 18.3. The Bertz CT molecular complexity index is 410. The molecule has 1 rings (SSSR count). The monoisotopic (exact) mass is 291 g/mol. The van der Waals surface area contributed by atoms with Gasteiger partial charge in [-0.1, -0.05) is 19.3 Å². The van der Waals surface area contributed by atoms with Crippen molar-refractivity contribution in [1.82, 2.24) is 4.90 Å². The van der Waals surface area contributed by atoms with E-state index in [1.54, 1.807) is 4.90 Å². The van der Waals surface area contributed by atoms with Crippen molar-refractivity contribution in [2.45, 2.75) is 56.7 Å². The summed E-state index contributed by atoms with van der Waals surface area (Å²) in [4.78, 5) is 14.1. The average molecular weight is 291 g/mol. The molecule has 0 aliphatic heterocycles. The van der Waals surface area contributed by atoms with Crippen molar-refractivity contribution in [2.75, 3.05) is 19.4 Å². The predicted molar refractivity (Wildman–Crippen MR) is 74.6 cm³/mol. The van der Waals surface area contributed by atoms with Crippen LogP contribution in [0.1, 0.15) is 46.0 Å². The number of hydrogen-bond acceptors (Lipinski definition) is 4. The van der Waals surface area contributed by atoms with Gasteiger partial charge in [0.05, 0.1) is 6.61 Å². The van der Waals surface area contributed by atoms with E-state index in [1.807, 2.05) is 0 Å². The molecule has 0 aromatic heterocycles. The first-order valence-electron chi connectivity index (χ1n) is 6.83. The fraction of sp³-hybridized carbons (Fsp3) is 0.923. The van der Waals surface area contributed by atoms with E-state index in [2.05, 4.69) is 0 Å². The molecule has 0 saturated heterocycles. The molecule has 0 spiro atoms. The fourth-order valence-electron chi connectivity index (χ4n) is 2.45. The first kappa shape index (κ1) is 16.4. The molecule has 0 aromatic rings. The van der Waals surface area contributed by atoms with Gasteiger partial charge in [0.2, 0.25) is 5.91 Å². The van der Waals surface area contributed by atoms with Crippen molar-refractivity contribution in [3.8, 4) is 0 Å². The zero-order chi connectivity index (χ0) is 14.7. The molecule has 1 aliphatic carbocycles. The fourth-order valence-corrected chi connectivity index (χ4v) is 2.89. The van der Waals surface area contributed by atoms with Crippen LogP contribution in [0.2, 0.25) is 0 Å². The van der Waals surface area contributed by atoms with Crippen molar-refractivity contribution in [3.63, 3.8) is 0 Å². The minimum Gasteiger partial charge on any atom is -0.395 e. The van der Waals surface area contributed by atoms with Crippen LogP contribution in [0.3, 0.4) is 0 Å². The van der Waals surface area contributed by atoms with Gasteiger partial charge in [-0.25, -0.2) is 8.42 Å². The van der Waals surface area contributed by atoms with E-state index in [0.717, 1.165) is 38.4 Å². The van der Waals surface area contributed by atoms with Crippen LogP contribution >= 0.6 is 0 Å². The highest BCUT2D eigenvalue weighted by Crippen LogP contribution is 2.27. The summed E-state index contributed by atoms with van der Waals surface area (Å²) >= 11 is 0. The topological polar surface area (TPSA) is 74.7 Å². The molecule has 1 N–H and O–H groups in total. The third-order valence-corrected chi connectivity index (χ3v) is 6.09. The summed E-state index contributed by atoms with van der Waals surface area (Å²) < 4.78 is 22.1. The smallest absolute Gasteiger partial charge is 0.243 e. The van der Waals surface area contributed by atoms with Gasteiger partial charge >= 0.3 is 0 Å². The first-order valence-corrected chi connectivity index (χ1v) is 8.72. The minimum absolute atomic E-state index is 0.0643. The van der Waals surface area contributed by atoms with Crippen LogP contribution < -0.4 is 0 Å². The number of carbonyl (C=O) groups excluding carboxylic acids is 1. The number of aliphatic hydroxyl groups excluding tert-OH is 1. The van der Waals surface area contributed by atoms with E-state index in [4.69, 9.17) is 5.11 Å². The number of hydrogen-bond donors (Lipinski definition) is 1. The number of nitrogens with zero attached hydrogens (tertiary/aromatic N) is 1. The Morgan fingerprint density at radius 3 is 2.21 bits per heavy atom. The molecule has 5 nitrogen and oxygen atoms in total. The second kappa shape index (κ2) is 6.22. The second-order valence-electron chi connectivity index (χ2n) is 5.80. The third kappa shape index (κ3) is 3.69. The lowest BCUT2D eigenvalue weighted by atomic mass is 9.93. The van der Waals surface area contributed by atoms with Crippen molar-refractivity contribution >= 4 is 15.7 Å². The highest BCUT2D eigenvalue weighted by Gasteiger charge is 2.43. The first-order chi connectivity index (χ1) is 8.71. The van der Waals surface area contributed by atoms with Crippen LogP contribution in [0.25, 0.3) is 0 Å². The number of amides is 1. The van der Waals surface area contributed by atoms with Crippen LogP contribution in [-0.2, 0) is 14.6 Å². The molecule has 1 amide bonds. The zero-order valence-electron chi connectivity index (χ0n) is 12.1. The van der Waals surface area contributed by atoms with E-state index in [1.165, 1.54) is 13.8 Å². The Morgan fingerprint density at radius 2 is 1.79 bits per heavy atom. The summed E-state index contributed by atoms with van der Waals surface area (Å²) in [7, 11) is -3.48. The lowest BCUT2D eigenvalue weighted by Gasteiger charge is -2.38. The van der Waals surface area contributed by atoms with Crippen LogP contribution in [0, 0.1) is 0 Å². The van der Waals surface area contributed by atoms with Crippen LogP contribution in [-0.4, -0.2) is 54.5 Å². The van der Waals surface area contributed by atoms with E-state index in [-0.39, 0.29) is 19.2 Å². The maximum absolute atomic E-state index is 12.5. The van der Waals surface area contributed by atoms with E-state index >= 15 is 0 Å². The number of aliphatic hydroxyl groups is 1. The SMILES string of the molecule is CC(C)(C(=O)N(CCO)C1CCCCC1)S(C)(=O)=O. The molecule has 112 valence electrons. The number of rotatable bonds is 5. The van der Waals surface area contributed by atoms with Gasteiger partial charge in [-0.15, -0.1) is 0 Å². The van der Waals surface area contributed by atoms with Gasteiger partial charge in [0, 0.05) is 18.8 Å². The summed E-state index contributed by atoms with van der Waals surface area (Å²) in [6.45, 7) is 2.96. The maximum Gasteiger partial charge on any atom is 0.243 e. The zero-order valence-corrected chi connectivity index (χ0v) is 12.9. The quantitative estimate of drug-likeness (QED) is 0.819. The molecular formula is C13H25NO4S. The maximum atomic E-state index is 12.5. The average Bonchev–Trinajstić information content (AvgIpc) is 2.34.